The van der Waals surface area contributed by atoms with E-state index in [9.17, 15) is 4.79 Å². The molecule has 3 rings (SSSR count). The summed E-state index contributed by atoms with van der Waals surface area (Å²) in [5, 5.41) is 18.7. The Morgan fingerprint density at radius 2 is 2.20 bits per heavy atom. The number of amides is 1. The van der Waals surface area contributed by atoms with Gasteiger partial charge in [0.15, 0.2) is 11.3 Å². The molecule has 0 N–H and O–H groups in total. The second-order valence-corrected chi connectivity index (χ2v) is 6.95. The van der Waals surface area contributed by atoms with Gasteiger partial charge in [0, 0.05) is 18.5 Å². The SMILES string of the molecule is Cc1sc(N(C)C(=O)[C@@H]2CCCN2C#N)nc1-c1cccc(C#N)n1. The quantitative estimate of drug-likeness (QED) is 0.786. The molecule has 0 aromatic carbocycles. The van der Waals surface area contributed by atoms with Gasteiger partial charge in [-0.15, -0.1) is 11.3 Å². The molecule has 126 valence electrons. The van der Waals surface area contributed by atoms with Crippen LogP contribution in [0.15, 0.2) is 18.2 Å². The maximum Gasteiger partial charge on any atom is 0.251 e. The molecule has 25 heavy (non-hydrogen) atoms. The van der Waals surface area contributed by atoms with Crippen LogP contribution in [0.2, 0.25) is 0 Å². The van der Waals surface area contributed by atoms with Crippen molar-refractivity contribution in [2.75, 3.05) is 18.5 Å². The van der Waals surface area contributed by atoms with Gasteiger partial charge in [-0.05, 0) is 31.9 Å². The first kappa shape index (κ1) is 16.9. The molecule has 0 aliphatic carbocycles. The minimum atomic E-state index is -0.414. The van der Waals surface area contributed by atoms with Crippen LogP contribution in [0.1, 0.15) is 23.4 Å². The van der Waals surface area contributed by atoms with Crippen molar-refractivity contribution in [3.8, 4) is 23.7 Å². The van der Waals surface area contributed by atoms with Crippen molar-refractivity contribution in [2.45, 2.75) is 25.8 Å². The number of likely N-dealkylation sites (tertiary alicyclic amines) is 1. The lowest BCUT2D eigenvalue weighted by Crippen LogP contribution is -2.42. The van der Waals surface area contributed by atoms with Crippen molar-refractivity contribution in [3.63, 3.8) is 0 Å². The predicted octanol–water partition coefficient (Wildman–Crippen LogP) is 2.29. The Bertz CT molecular complexity index is 893. The number of thiazole rings is 1. The molecule has 2 aromatic rings. The molecule has 1 aliphatic rings. The van der Waals surface area contributed by atoms with Crippen LogP contribution >= 0.6 is 11.3 Å². The van der Waals surface area contributed by atoms with Gasteiger partial charge in [-0.25, -0.2) is 9.97 Å². The number of anilines is 1. The van der Waals surface area contributed by atoms with E-state index in [4.69, 9.17) is 10.5 Å². The van der Waals surface area contributed by atoms with E-state index in [2.05, 4.69) is 16.2 Å². The minimum absolute atomic E-state index is 0.127. The maximum absolute atomic E-state index is 12.7. The van der Waals surface area contributed by atoms with Gasteiger partial charge in [0.05, 0.1) is 5.69 Å². The van der Waals surface area contributed by atoms with Gasteiger partial charge >= 0.3 is 0 Å². The van der Waals surface area contributed by atoms with E-state index < -0.39 is 6.04 Å². The molecule has 0 radical (unpaired) electrons. The fraction of sp³-hybridized carbons (Fsp3) is 0.353. The lowest BCUT2D eigenvalue weighted by atomic mass is 10.2. The van der Waals surface area contributed by atoms with Crippen LogP contribution in [0.4, 0.5) is 5.13 Å². The summed E-state index contributed by atoms with van der Waals surface area (Å²) in [6.07, 6.45) is 3.60. The molecule has 0 unspecified atom stereocenters. The molecule has 1 aliphatic heterocycles. The van der Waals surface area contributed by atoms with Crippen LogP contribution in [0.25, 0.3) is 11.4 Å². The van der Waals surface area contributed by atoms with Crippen LogP contribution in [0.3, 0.4) is 0 Å². The second-order valence-electron chi connectivity index (χ2n) is 5.77. The number of carbonyl (C=O) groups excluding carboxylic acids is 1. The number of aryl methyl sites for hydroxylation is 1. The van der Waals surface area contributed by atoms with Gasteiger partial charge < -0.3 is 0 Å². The summed E-state index contributed by atoms with van der Waals surface area (Å²) in [4.78, 5) is 25.5. The molecule has 1 saturated heterocycles. The van der Waals surface area contributed by atoms with Gasteiger partial charge in [-0.3, -0.25) is 14.6 Å². The number of nitriles is 2. The van der Waals surface area contributed by atoms with Gasteiger partial charge in [0.2, 0.25) is 0 Å². The Morgan fingerprint density at radius 3 is 2.92 bits per heavy atom. The van der Waals surface area contributed by atoms with Gasteiger partial charge in [0.25, 0.3) is 5.91 Å². The van der Waals surface area contributed by atoms with E-state index in [0.717, 1.165) is 11.3 Å². The van der Waals surface area contributed by atoms with Crippen molar-refractivity contribution in [1.82, 2.24) is 14.9 Å². The van der Waals surface area contributed by atoms with E-state index in [1.165, 1.54) is 21.1 Å². The van der Waals surface area contributed by atoms with E-state index in [-0.39, 0.29) is 5.91 Å². The van der Waals surface area contributed by atoms with Crippen LogP contribution in [0, 0.1) is 29.7 Å². The van der Waals surface area contributed by atoms with Gasteiger partial charge in [-0.2, -0.15) is 10.5 Å². The highest BCUT2D eigenvalue weighted by Crippen LogP contribution is 2.32. The fourth-order valence-electron chi connectivity index (χ4n) is 2.85. The summed E-state index contributed by atoms with van der Waals surface area (Å²) in [5.41, 5.74) is 1.60. The Hall–Kier alpha value is -2.97. The molecule has 2 aromatic heterocycles. The Labute approximate surface area is 149 Å². The number of nitrogens with zero attached hydrogens (tertiary/aromatic N) is 6. The van der Waals surface area contributed by atoms with Crippen molar-refractivity contribution in [2.24, 2.45) is 0 Å². The summed E-state index contributed by atoms with van der Waals surface area (Å²) in [6, 6.07) is 6.80. The van der Waals surface area contributed by atoms with Crippen LogP contribution in [-0.4, -0.2) is 40.4 Å². The smallest absolute Gasteiger partial charge is 0.251 e. The molecular weight excluding hydrogens is 336 g/mol. The van der Waals surface area contributed by atoms with Crippen molar-refractivity contribution in [3.05, 3.63) is 28.8 Å². The first-order valence-electron chi connectivity index (χ1n) is 7.84. The number of rotatable bonds is 3. The molecule has 8 heteroatoms. The zero-order chi connectivity index (χ0) is 18.0. The average Bonchev–Trinajstić information content (AvgIpc) is 3.26. The first-order chi connectivity index (χ1) is 12.0. The monoisotopic (exact) mass is 352 g/mol. The zero-order valence-corrected chi connectivity index (χ0v) is 14.7. The van der Waals surface area contributed by atoms with E-state index in [1.807, 2.05) is 13.0 Å². The Kier molecular flexibility index (Phi) is 4.64. The summed E-state index contributed by atoms with van der Waals surface area (Å²) in [6.45, 7) is 2.53. The van der Waals surface area contributed by atoms with Gasteiger partial charge in [-0.1, -0.05) is 6.07 Å². The molecule has 1 atom stereocenters. The topological polar surface area (TPSA) is 96.9 Å². The number of aromatic nitrogens is 2. The normalized spacial score (nSPS) is 16.3. The van der Waals surface area contributed by atoms with Crippen LogP contribution in [0.5, 0.6) is 0 Å². The van der Waals surface area contributed by atoms with Crippen LogP contribution < -0.4 is 4.90 Å². The lowest BCUT2D eigenvalue weighted by Gasteiger charge is -2.22. The summed E-state index contributed by atoms with van der Waals surface area (Å²) in [5.74, 6) is -0.127. The standard InChI is InChI=1S/C17H16N6OS/c1-11-15(13-6-3-5-12(9-18)20-13)21-17(25-11)22(2)16(24)14-7-4-8-23(14)10-19/h3,5-6,14H,4,7-8H2,1-2H3/t14-/m0/s1. The minimum Gasteiger partial charge on any atom is -0.298 e. The molecule has 7 nitrogen and oxygen atoms in total. The zero-order valence-electron chi connectivity index (χ0n) is 13.9. The third-order valence-corrected chi connectivity index (χ3v) is 5.22. The van der Waals surface area contributed by atoms with E-state index in [1.54, 1.807) is 25.2 Å². The number of likely N-dealkylation sites (N-methyl/N-ethyl adjacent to an activating group) is 1. The third kappa shape index (κ3) is 3.17. The molecule has 0 bridgehead atoms. The average molecular weight is 352 g/mol. The predicted molar refractivity (Wildman–Crippen MR) is 93.5 cm³/mol. The third-order valence-electron chi connectivity index (χ3n) is 4.18. The Morgan fingerprint density at radius 1 is 1.40 bits per heavy atom. The van der Waals surface area contributed by atoms with E-state index in [0.29, 0.717) is 35.2 Å². The highest BCUT2D eigenvalue weighted by Gasteiger charge is 2.33. The summed E-state index contributed by atoms with van der Waals surface area (Å²) < 4.78 is 0. The highest BCUT2D eigenvalue weighted by atomic mass is 32.1. The molecule has 1 fully saturated rings. The van der Waals surface area contributed by atoms with Crippen molar-refractivity contribution < 1.29 is 4.79 Å². The first-order valence-corrected chi connectivity index (χ1v) is 8.65. The lowest BCUT2D eigenvalue weighted by molar-refractivity contribution is -0.121. The number of hydrogen-bond donors (Lipinski definition) is 0. The van der Waals surface area contributed by atoms with Gasteiger partial charge in [0.1, 0.15) is 23.5 Å². The molecule has 3 heterocycles. The maximum atomic E-state index is 12.7. The fourth-order valence-corrected chi connectivity index (χ4v) is 3.74. The van der Waals surface area contributed by atoms with E-state index >= 15 is 0 Å². The summed E-state index contributed by atoms with van der Waals surface area (Å²) >= 11 is 1.40. The van der Waals surface area contributed by atoms with Crippen molar-refractivity contribution in [1.29, 1.82) is 10.5 Å². The number of hydrogen-bond acceptors (Lipinski definition) is 7. The second kappa shape index (κ2) is 6.88. The Balaban J connectivity index is 1.88. The number of carbonyl (C=O) groups is 1. The number of pyridine rings is 1. The molecule has 0 saturated carbocycles. The molecule has 0 spiro atoms. The molecular formula is C17H16N6OS. The largest absolute Gasteiger partial charge is 0.298 e. The molecule has 1 amide bonds. The highest BCUT2D eigenvalue weighted by molar-refractivity contribution is 7.16. The van der Waals surface area contributed by atoms with Crippen LogP contribution in [-0.2, 0) is 4.79 Å². The van der Waals surface area contributed by atoms with Crippen molar-refractivity contribution >= 4 is 22.4 Å². The summed E-state index contributed by atoms with van der Waals surface area (Å²) in [7, 11) is 1.68.